The number of anilines is 1. The van der Waals surface area contributed by atoms with E-state index in [9.17, 15) is 4.79 Å². The zero-order valence-electron chi connectivity index (χ0n) is 12.0. The van der Waals surface area contributed by atoms with Crippen molar-refractivity contribution in [3.8, 4) is 0 Å². The fourth-order valence-electron chi connectivity index (χ4n) is 3.16. The third-order valence-electron chi connectivity index (χ3n) is 4.16. The number of hydrogen-bond donors (Lipinski definition) is 1. The largest absolute Gasteiger partial charge is 0.382 e. The monoisotopic (exact) mass is 274 g/mol. The Balaban J connectivity index is 1.83. The summed E-state index contributed by atoms with van der Waals surface area (Å²) in [5, 5.41) is 3.46. The summed E-state index contributed by atoms with van der Waals surface area (Å²) in [5.41, 5.74) is 2.25. The maximum atomic E-state index is 12.9. The van der Waals surface area contributed by atoms with Crippen molar-refractivity contribution in [3.05, 3.63) is 29.8 Å². The molecule has 1 saturated heterocycles. The Labute approximate surface area is 120 Å². The molecule has 1 amide bonds. The van der Waals surface area contributed by atoms with E-state index in [1.54, 1.807) is 0 Å². The average molecular weight is 274 g/mol. The van der Waals surface area contributed by atoms with Crippen LogP contribution < -0.4 is 5.32 Å². The van der Waals surface area contributed by atoms with Crippen molar-refractivity contribution in [2.24, 2.45) is 0 Å². The van der Waals surface area contributed by atoms with Gasteiger partial charge in [0.1, 0.15) is 0 Å². The molecule has 0 aromatic heterocycles. The van der Waals surface area contributed by atoms with Gasteiger partial charge in [0.05, 0.1) is 12.5 Å². The number of hydrogen-bond acceptors (Lipinski definition) is 3. The third kappa shape index (κ3) is 2.66. The highest BCUT2D eigenvalue weighted by molar-refractivity contribution is 5.86. The van der Waals surface area contributed by atoms with Crippen molar-refractivity contribution in [2.75, 3.05) is 31.6 Å². The van der Waals surface area contributed by atoms with Gasteiger partial charge in [-0.25, -0.2) is 0 Å². The van der Waals surface area contributed by atoms with Crippen LogP contribution in [-0.4, -0.2) is 43.2 Å². The smallest absolute Gasteiger partial charge is 0.230 e. The molecule has 2 heterocycles. The van der Waals surface area contributed by atoms with Crippen LogP contribution in [0.15, 0.2) is 24.3 Å². The molecule has 1 aromatic carbocycles. The van der Waals surface area contributed by atoms with Crippen LogP contribution in [0.5, 0.6) is 0 Å². The molecule has 0 saturated carbocycles. The predicted molar refractivity (Wildman–Crippen MR) is 78.9 cm³/mol. The number of para-hydroxylation sites is 1. The Kier molecular flexibility index (Phi) is 3.92. The predicted octanol–water partition coefficient (Wildman–Crippen LogP) is 2.22. The van der Waals surface area contributed by atoms with E-state index in [0.717, 1.165) is 43.8 Å². The molecular formula is C16H22N2O2. The number of ether oxygens (including phenoxy) is 1. The maximum absolute atomic E-state index is 12.9. The highest BCUT2D eigenvalue weighted by atomic mass is 16.5. The molecule has 0 aliphatic carbocycles. The van der Waals surface area contributed by atoms with Crippen LogP contribution in [0, 0.1) is 0 Å². The standard InChI is InChI=1S/C16H22N2O2/c1-12-11-14(13-5-2-3-6-15(13)17-12)16(19)18-7-4-9-20-10-8-18/h2-3,5-6,12,14,17H,4,7-11H2,1H3. The maximum Gasteiger partial charge on any atom is 0.230 e. The second-order valence-corrected chi connectivity index (χ2v) is 5.71. The van der Waals surface area contributed by atoms with Crippen molar-refractivity contribution in [2.45, 2.75) is 31.7 Å². The van der Waals surface area contributed by atoms with E-state index in [1.807, 2.05) is 17.0 Å². The van der Waals surface area contributed by atoms with Crippen molar-refractivity contribution < 1.29 is 9.53 Å². The second kappa shape index (κ2) is 5.83. The van der Waals surface area contributed by atoms with E-state index in [-0.39, 0.29) is 11.8 Å². The quantitative estimate of drug-likeness (QED) is 0.854. The average Bonchev–Trinajstić information content (AvgIpc) is 2.74. The van der Waals surface area contributed by atoms with Crippen LogP contribution in [0.1, 0.15) is 31.2 Å². The van der Waals surface area contributed by atoms with E-state index < -0.39 is 0 Å². The first kappa shape index (κ1) is 13.4. The molecule has 20 heavy (non-hydrogen) atoms. The van der Waals surface area contributed by atoms with Gasteiger partial charge >= 0.3 is 0 Å². The Morgan fingerprint density at radius 3 is 3.05 bits per heavy atom. The summed E-state index contributed by atoms with van der Waals surface area (Å²) >= 11 is 0. The van der Waals surface area contributed by atoms with Gasteiger partial charge < -0.3 is 15.0 Å². The number of benzene rings is 1. The van der Waals surface area contributed by atoms with Gasteiger partial charge in [-0.15, -0.1) is 0 Å². The molecule has 0 bridgehead atoms. The highest BCUT2D eigenvalue weighted by Crippen LogP contribution is 2.35. The molecular weight excluding hydrogens is 252 g/mol. The lowest BCUT2D eigenvalue weighted by Crippen LogP contribution is -2.40. The molecule has 0 spiro atoms. The first-order valence-electron chi connectivity index (χ1n) is 7.47. The lowest BCUT2D eigenvalue weighted by atomic mass is 9.86. The molecule has 2 aliphatic heterocycles. The van der Waals surface area contributed by atoms with E-state index in [1.165, 1.54) is 0 Å². The number of nitrogens with zero attached hydrogens (tertiary/aromatic N) is 1. The Morgan fingerprint density at radius 1 is 1.30 bits per heavy atom. The number of carbonyl (C=O) groups is 1. The summed E-state index contributed by atoms with van der Waals surface area (Å²) in [4.78, 5) is 14.8. The van der Waals surface area contributed by atoms with Crippen LogP contribution in [-0.2, 0) is 9.53 Å². The number of fused-ring (bicyclic) bond motifs is 1. The van der Waals surface area contributed by atoms with Crippen molar-refractivity contribution in [1.29, 1.82) is 0 Å². The Morgan fingerprint density at radius 2 is 2.15 bits per heavy atom. The zero-order valence-corrected chi connectivity index (χ0v) is 12.0. The Bertz CT molecular complexity index is 481. The molecule has 2 atom stereocenters. The third-order valence-corrected chi connectivity index (χ3v) is 4.16. The summed E-state index contributed by atoms with van der Waals surface area (Å²) in [6.07, 6.45) is 1.81. The Hall–Kier alpha value is -1.55. The lowest BCUT2D eigenvalue weighted by molar-refractivity contribution is -0.133. The van der Waals surface area contributed by atoms with Crippen molar-refractivity contribution >= 4 is 11.6 Å². The van der Waals surface area contributed by atoms with E-state index >= 15 is 0 Å². The summed E-state index contributed by atoms with van der Waals surface area (Å²) in [7, 11) is 0. The van der Waals surface area contributed by atoms with Crippen LogP contribution in [0.3, 0.4) is 0 Å². The molecule has 1 N–H and O–H groups in total. The van der Waals surface area contributed by atoms with Gasteiger partial charge in [0.15, 0.2) is 0 Å². The number of carbonyl (C=O) groups excluding carboxylic acids is 1. The molecule has 2 aliphatic rings. The molecule has 0 radical (unpaired) electrons. The molecule has 4 nitrogen and oxygen atoms in total. The van der Waals surface area contributed by atoms with Crippen LogP contribution in [0.2, 0.25) is 0 Å². The van der Waals surface area contributed by atoms with E-state index in [2.05, 4.69) is 24.4 Å². The number of amides is 1. The van der Waals surface area contributed by atoms with Crippen LogP contribution >= 0.6 is 0 Å². The molecule has 3 rings (SSSR count). The van der Waals surface area contributed by atoms with Crippen LogP contribution in [0.25, 0.3) is 0 Å². The SMILES string of the molecule is CC1CC(C(=O)N2CCCOCC2)c2ccccc2N1. The fraction of sp³-hybridized carbons (Fsp3) is 0.562. The van der Waals surface area contributed by atoms with E-state index in [4.69, 9.17) is 4.74 Å². The summed E-state index contributed by atoms with van der Waals surface area (Å²) < 4.78 is 5.45. The van der Waals surface area contributed by atoms with Gasteiger partial charge in [-0.05, 0) is 31.4 Å². The van der Waals surface area contributed by atoms with Gasteiger partial charge in [-0.2, -0.15) is 0 Å². The van der Waals surface area contributed by atoms with Gasteiger partial charge in [0.25, 0.3) is 0 Å². The van der Waals surface area contributed by atoms with Gasteiger partial charge in [-0.3, -0.25) is 4.79 Å². The summed E-state index contributed by atoms with van der Waals surface area (Å²) in [6, 6.07) is 8.51. The molecule has 1 aromatic rings. The molecule has 1 fully saturated rings. The number of nitrogens with one attached hydrogen (secondary N) is 1. The van der Waals surface area contributed by atoms with Crippen molar-refractivity contribution in [3.63, 3.8) is 0 Å². The minimum absolute atomic E-state index is 0.0134. The fourth-order valence-corrected chi connectivity index (χ4v) is 3.16. The summed E-state index contributed by atoms with van der Waals surface area (Å²) in [5.74, 6) is 0.247. The first-order chi connectivity index (χ1) is 9.75. The van der Waals surface area contributed by atoms with Gasteiger partial charge in [0, 0.05) is 31.4 Å². The molecule has 2 unspecified atom stereocenters. The van der Waals surface area contributed by atoms with E-state index in [0.29, 0.717) is 12.6 Å². The topological polar surface area (TPSA) is 41.6 Å². The molecule has 108 valence electrons. The van der Waals surface area contributed by atoms with Crippen LogP contribution in [0.4, 0.5) is 5.69 Å². The highest BCUT2D eigenvalue weighted by Gasteiger charge is 2.32. The normalized spacial score (nSPS) is 26.4. The first-order valence-corrected chi connectivity index (χ1v) is 7.47. The minimum atomic E-state index is -0.0134. The van der Waals surface area contributed by atoms with Gasteiger partial charge in [-0.1, -0.05) is 18.2 Å². The minimum Gasteiger partial charge on any atom is -0.382 e. The zero-order chi connectivity index (χ0) is 13.9. The summed E-state index contributed by atoms with van der Waals surface area (Å²) in [6.45, 7) is 5.11. The molecule has 4 heteroatoms. The van der Waals surface area contributed by atoms with Crippen molar-refractivity contribution in [1.82, 2.24) is 4.90 Å². The van der Waals surface area contributed by atoms with Gasteiger partial charge in [0.2, 0.25) is 5.91 Å². The lowest BCUT2D eigenvalue weighted by Gasteiger charge is -2.33. The number of rotatable bonds is 1. The second-order valence-electron chi connectivity index (χ2n) is 5.71.